The van der Waals surface area contributed by atoms with Gasteiger partial charge in [-0.1, -0.05) is 28.9 Å². The Morgan fingerprint density at radius 2 is 1.82 bits per heavy atom. The fraction of sp³-hybridized carbons (Fsp3) is 0.182. The minimum absolute atomic E-state index is 0.178. The maximum Gasteiger partial charge on any atom is 0.439 e. The molecule has 4 aromatic rings. The molecule has 0 aliphatic heterocycles. The molecular formula is C22H22N4O6S. The molecule has 0 fully saturated rings. The van der Waals surface area contributed by atoms with Gasteiger partial charge in [0.2, 0.25) is 5.82 Å². The molecule has 3 heterocycles. The van der Waals surface area contributed by atoms with Gasteiger partial charge in [-0.3, -0.25) is 9.51 Å². The smallest absolute Gasteiger partial charge is 0.439 e. The summed E-state index contributed by atoms with van der Waals surface area (Å²) >= 11 is 0. The van der Waals surface area contributed by atoms with Gasteiger partial charge in [0.05, 0.1) is 17.7 Å². The highest BCUT2D eigenvalue weighted by molar-refractivity contribution is 7.85. The van der Waals surface area contributed by atoms with E-state index in [0.29, 0.717) is 23.9 Å². The molecule has 0 aliphatic carbocycles. The first-order valence-electron chi connectivity index (χ1n) is 9.93. The van der Waals surface area contributed by atoms with Crippen molar-refractivity contribution in [3.05, 3.63) is 89.3 Å². The lowest BCUT2D eigenvalue weighted by Crippen LogP contribution is -2.33. The normalized spacial score (nSPS) is 10.8. The number of ether oxygens (including phenoxy) is 1. The minimum Gasteiger partial charge on any atom is -0.744 e. The van der Waals surface area contributed by atoms with Gasteiger partial charge in [0, 0.05) is 18.6 Å². The van der Waals surface area contributed by atoms with Crippen LogP contribution in [0.25, 0.3) is 11.5 Å². The molecule has 4 rings (SSSR count). The largest absolute Gasteiger partial charge is 0.744 e. The van der Waals surface area contributed by atoms with Crippen LogP contribution in [0.4, 0.5) is 0 Å². The second-order valence-corrected chi connectivity index (χ2v) is 8.28. The SMILES string of the molecule is Cc1ccc(S(=O)(=O)[O-])cc1.O=c1[nH]c(-c2ccc(OCCC[n+]3ccccc3)cn2)no1. The van der Waals surface area contributed by atoms with Crippen LogP contribution >= 0.6 is 0 Å². The van der Waals surface area contributed by atoms with Crippen molar-refractivity contribution in [2.24, 2.45) is 0 Å². The molecule has 11 heteroatoms. The zero-order chi connectivity index (χ0) is 23.7. The van der Waals surface area contributed by atoms with Crippen molar-refractivity contribution in [1.29, 1.82) is 0 Å². The molecule has 0 bridgehead atoms. The number of nitrogens with zero attached hydrogens (tertiary/aromatic N) is 3. The van der Waals surface area contributed by atoms with Gasteiger partial charge in [0.15, 0.2) is 18.9 Å². The number of hydrogen-bond donors (Lipinski definition) is 1. The number of hydrogen-bond acceptors (Lipinski definition) is 8. The molecule has 0 saturated carbocycles. The summed E-state index contributed by atoms with van der Waals surface area (Å²) in [5.41, 5.74) is 1.45. The Labute approximate surface area is 190 Å². The van der Waals surface area contributed by atoms with Crippen molar-refractivity contribution in [2.45, 2.75) is 24.8 Å². The Bertz CT molecular complexity index is 1300. The summed E-state index contributed by atoms with van der Waals surface area (Å²) in [6, 6.07) is 15.3. The molecule has 0 atom stereocenters. The molecule has 0 unspecified atom stereocenters. The highest BCUT2D eigenvalue weighted by Gasteiger charge is 2.06. The van der Waals surface area contributed by atoms with Crippen molar-refractivity contribution in [1.82, 2.24) is 15.1 Å². The monoisotopic (exact) mass is 470 g/mol. The number of aryl methyl sites for hydroxylation is 2. The average Bonchev–Trinajstić information content (AvgIpc) is 3.24. The Hall–Kier alpha value is -3.83. The molecule has 172 valence electrons. The number of aromatic nitrogens is 4. The number of rotatable bonds is 7. The Balaban J connectivity index is 0.000000235. The molecule has 1 aromatic carbocycles. The third-order valence-corrected chi connectivity index (χ3v) is 5.19. The molecule has 10 nitrogen and oxygen atoms in total. The molecule has 0 spiro atoms. The number of nitrogens with one attached hydrogen (secondary N) is 1. The fourth-order valence-electron chi connectivity index (χ4n) is 2.67. The van der Waals surface area contributed by atoms with E-state index in [1.807, 2.05) is 37.5 Å². The highest BCUT2D eigenvalue weighted by Crippen LogP contribution is 2.15. The van der Waals surface area contributed by atoms with Gasteiger partial charge in [-0.25, -0.2) is 22.8 Å². The quantitative estimate of drug-likeness (QED) is 0.246. The zero-order valence-corrected chi connectivity index (χ0v) is 18.6. The van der Waals surface area contributed by atoms with Gasteiger partial charge in [-0.15, -0.1) is 0 Å². The number of aromatic amines is 1. The first-order chi connectivity index (χ1) is 15.8. The van der Waals surface area contributed by atoms with Crippen molar-refractivity contribution < 1.29 is 26.8 Å². The van der Waals surface area contributed by atoms with Gasteiger partial charge in [-0.05, 0) is 31.2 Å². The predicted molar refractivity (Wildman–Crippen MR) is 116 cm³/mol. The second kappa shape index (κ2) is 11.2. The van der Waals surface area contributed by atoms with Crippen LogP contribution in [0.15, 0.2) is 87.4 Å². The molecule has 1 N–H and O–H groups in total. The van der Waals surface area contributed by atoms with Gasteiger partial charge < -0.3 is 9.29 Å². The maximum absolute atomic E-state index is 10.9. The Morgan fingerprint density at radius 1 is 1.09 bits per heavy atom. The number of pyridine rings is 2. The third kappa shape index (κ3) is 7.66. The van der Waals surface area contributed by atoms with Crippen molar-refractivity contribution in [2.75, 3.05) is 6.61 Å². The lowest BCUT2D eigenvalue weighted by molar-refractivity contribution is -0.697. The number of benzene rings is 1. The molecule has 3 aromatic heterocycles. The van der Waals surface area contributed by atoms with Gasteiger partial charge in [-0.2, -0.15) is 0 Å². The molecule has 0 radical (unpaired) electrons. The van der Waals surface area contributed by atoms with E-state index in [-0.39, 0.29) is 4.90 Å². The van der Waals surface area contributed by atoms with Crippen LogP contribution in [0.3, 0.4) is 0 Å². The first-order valence-corrected chi connectivity index (χ1v) is 11.3. The fourth-order valence-corrected chi connectivity index (χ4v) is 3.14. The van der Waals surface area contributed by atoms with E-state index in [4.69, 9.17) is 4.74 Å². The third-order valence-electron chi connectivity index (χ3n) is 4.34. The van der Waals surface area contributed by atoms with Crippen LogP contribution < -0.4 is 15.1 Å². The van der Waals surface area contributed by atoms with Gasteiger partial charge >= 0.3 is 5.76 Å². The lowest BCUT2D eigenvalue weighted by Gasteiger charge is -2.05. The average molecular weight is 471 g/mol. The summed E-state index contributed by atoms with van der Waals surface area (Å²) in [5.74, 6) is 0.375. The molecule has 0 saturated heterocycles. The summed E-state index contributed by atoms with van der Waals surface area (Å²) in [4.78, 5) is 17.3. The molecular weight excluding hydrogens is 448 g/mol. The van der Waals surface area contributed by atoms with Crippen LogP contribution in [-0.2, 0) is 16.7 Å². The maximum atomic E-state index is 10.9. The summed E-state index contributed by atoms with van der Waals surface area (Å²) in [5, 5.41) is 3.58. The van der Waals surface area contributed by atoms with Crippen LogP contribution in [0.5, 0.6) is 5.75 Å². The van der Waals surface area contributed by atoms with Gasteiger partial charge in [0.25, 0.3) is 0 Å². The Morgan fingerprint density at radius 3 is 2.39 bits per heavy atom. The van der Waals surface area contributed by atoms with Crippen LogP contribution in [0, 0.1) is 6.92 Å². The summed E-state index contributed by atoms with van der Waals surface area (Å²) < 4.78 is 43.3. The van der Waals surface area contributed by atoms with E-state index in [0.717, 1.165) is 18.5 Å². The van der Waals surface area contributed by atoms with E-state index < -0.39 is 15.9 Å². The van der Waals surface area contributed by atoms with Crippen molar-refractivity contribution in [3.63, 3.8) is 0 Å². The molecule has 0 amide bonds. The second-order valence-electron chi connectivity index (χ2n) is 6.91. The topological polar surface area (TPSA) is 142 Å². The van der Waals surface area contributed by atoms with Crippen molar-refractivity contribution >= 4 is 10.1 Å². The van der Waals surface area contributed by atoms with E-state index >= 15 is 0 Å². The number of H-pyrrole nitrogens is 1. The van der Waals surface area contributed by atoms with E-state index in [1.54, 1.807) is 30.5 Å². The summed E-state index contributed by atoms with van der Waals surface area (Å²) in [7, 11) is -4.27. The van der Waals surface area contributed by atoms with E-state index in [2.05, 4.69) is 24.2 Å². The van der Waals surface area contributed by atoms with Crippen LogP contribution in [0.2, 0.25) is 0 Å². The molecule has 0 aliphatic rings. The predicted octanol–water partition coefficient (Wildman–Crippen LogP) is 2.08. The highest BCUT2D eigenvalue weighted by atomic mass is 32.2. The zero-order valence-electron chi connectivity index (χ0n) is 17.7. The summed E-state index contributed by atoms with van der Waals surface area (Å²) in [6.07, 6.45) is 6.54. The van der Waals surface area contributed by atoms with Crippen molar-refractivity contribution in [3.8, 4) is 17.3 Å². The van der Waals surface area contributed by atoms with E-state index in [1.165, 1.54) is 12.1 Å². The van der Waals surface area contributed by atoms with E-state index in [9.17, 15) is 17.8 Å². The van der Waals surface area contributed by atoms with Crippen LogP contribution in [-0.4, -0.2) is 34.7 Å². The van der Waals surface area contributed by atoms with Gasteiger partial charge in [0.1, 0.15) is 21.6 Å². The summed E-state index contributed by atoms with van der Waals surface area (Å²) in [6.45, 7) is 3.32. The lowest BCUT2D eigenvalue weighted by atomic mass is 10.2. The van der Waals surface area contributed by atoms with Crippen LogP contribution in [0.1, 0.15) is 12.0 Å². The Kier molecular flexibility index (Phi) is 8.06. The minimum atomic E-state index is -4.27. The first kappa shape index (κ1) is 23.8. The standard InChI is InChI=1S/C15H14N4O3.C7H8O3S/c20-15-17-14(18-22-15)13-6-5-12(11-16-13)21-10-4-9-19-7-2-1-3-8-19;1-6-2-4-7(5-3-6)11(8,9)10/h1-3,5-8,11H,4,9-10H2;2-5H,1H3,(H,8,9,10). The molecule has 33 heavy (non-hydrogen) atoms.